The Balaban J connectivity index is 2.62. The van der Waals surface area contributed by atoms with E-state index in [-0.39, 0.29) is 16.6 Å². The topological polar surface area (TPSA) is 0 Å². The minimum absolute atomic E-state index is 0.0629. The molecule has 0 fully saturated rings. The molecule has 3 heteroatoms. The zero-order chi connectivity index (χ0) is 12.3. The molecule has 16 heavy (non-hydrogen) atoms. The summed E-state index contributed by atoms with van der Waals surface area (Å²) < 4.78 is 14.3. The zero-order valence-corrected chi connectivity index (χ0v) is 12.2. The van der Waals surface area contributed by atoms with E-state index in [9.17, 15) is 4.39 Å². The monoisotopic (exact) mass is 306 g/mol. The third-order valence-corrected chi connectivity index (χ3v) is 3.99. The minimum Gasteiger partial charge on any atom is -0.207 e. The van der Waals surface area contributed by atoms with Crippen LogP contribution in [0.25, 0.3) is 0 Å². The molecule has 0 N–H and O–H groups in total. The molecule has 0 heterocycles. The Morgan fingerprint density at radius 3 is 2.50 bits per heavy atom. The maximum absolute atomic E-state index is 13.5. The molecule has 0 nitrogen and oxygen atoms in total. The summed E-state index contributed by atoms with van der Waals surface area (Å²) in [4.78, 5) is 0. The van der Waals surface area contributed by atoms with Crippen molar-refractivity contribution in [3.63, 3.8) is 0 Å². The minimum atomic E-state index is -0.160. The Bertz CT molecular complexity index is 357. The van der Waals surface area contributed by atoms with E-state index in [1.54, 1.807) is 0 Å². The van der Waals surface area contributed by atoms with Crippen LogP contribution < -0.4 is 0 Å². The lowest BCUT2D eigenvalue weighted by atomic mass is 9.88. The van der Waals surface area contributed by atoms with Crippen LogP contribution in [0.3, 0.4) is 0 Å². The molecule has 0 aliphatic heterocycles. The Morgan fingerprint density at radius 1 is 1.38 bits per heavy atom. The van der Waals surface area contributed by atoms with Crippen molar-refractivity contribution in [2.75, 3.05) is 0 Å². The summed E-state index contributed by atoms with van der Waals surface area (Å²) in [6, 6.07) is 5.17. The molecule has 1 atom stereocenters. The van der Waals surface area contributed by atoms with Gasteiger partial charge in [-0.15, -0.1) is 11.6 Å². The summed E-state index contributed by atoms with van der Waals surface area (Å²) in [5.41, 5.74) is 0.797. The van der Waals surface area contributed by atoms with E-state index in [4.69, 9.17) is 11.6 Å². The first-order chi connectivity index (χ1) is 7.30. The largest absolute Gasteiger partial charge is 0.207 e. The molecule has 0 aliphatic rings. The summed E-state index contributed by atoms with van der Waals surface area (Å²) in [6.07, 6.45) is 1.48. The van der Waals surface area contributed by atoms with Crippen LogP contribution in [0, 0.1) is 11.2 Å². The van der Waals surface area contributed by atoms with Crippen molar-refractivity contribution < 1.29 is 4.39 Å². The Morgan fingerprint density at radius 2 is 2.00 bits per heavy atom. The highest BCUT2D eigenvalue weighted by Gasteiger charge is 2.22. The SMILES string of the molecule is CC(C)(C)C(Cl)CCc1ccc(Br)cc1F. The second kappa shape index (κ2) is 5.50. The first-order valence-electron chi connectivity index (χ1n) is 5.38. The van der Waals surface area contributed by atoms with Gasteiger partial charge in [0.25, 0.3) is 0 Å². The van der Waals surface area contributed by atoms with E-state index < -0.39 is 0 Å². The van der Waals surface area contributed by atoms with Crippen LogP contribution in [0.4, 0.5) is 4.39 Å². The molecule has 0 radical (unpaired) electrons. The molecule has 90 valence electrons. The van der Waals surface area contributed by atoms with Crippen LogP contribution in [-0.2, 0) is 6.42 Å². The van der Waals surface area contributed by atoms with E-state index in [1.165, 1.54) is 6.07 Å². The lowest BCUT2D eigenvalue weighted by Crippen LogP contribution is -2.21. The zero-order valence-electron chi connectivity index (χ0n) is 9.86. The van der Waals surface area contributed by atoms with Crippen LogP contribution in [-0.4, -0.2) is 5.38 Å². The maximum atomic E-state index is 13.5. The van der Waals surface area contributed by atoms with E-state index >= 15 is 0 Å². The molecule has 1 unspecified atom stereocenters. The first-order valence-corrected chi connectivity index (χ1v) is 6.61. The number of hydrogen-bond acceptors (Lipinski definition) is 0. The van der Waals surface area contributed by atoms with Gasteiger partial charge in [-0.3, -0.25) is 0 Å². The van der Waals surface area contributed by atoms with Gasteiger partial charge >= 0.3 is 0 Å². The van der Waals surface area contributed by atoms with Crippen molar-refractivity contribution in [1.82, 2.24) is 0 Å². The Kier molecular flexibility index (Phi) is 4.81. The number of alkyl halides is 1. The van der Waals surface area contributed by atoms with Gasteiger partial charge in [-0.2, -0.15) is 0 Å². The quantitative estimate of drug-likeness (QED) is 0.675. The third kappa shape index (κ3) is 4.06. The fourth-order valence-corrected chi connectivity index (χ4v) is 1.88. The van der Waals surface area contributed by atoms with Gasteiger partial charge in [-0.05, 0) is 36.0 Å². The number of rotatable bonds is 3. The summed E-state index contributed by atoms with van der Waals surface area (Å²) in [5, 5.41) is 0.0653. The number of halogens is 3. The van der Waals surface area contributed by atoms with Crippen molar-refractivity contribution in [3.8, 4) is 0 Å². The van der Waals surface area contributed by atoms with E-state index in [0.29, 0.717) is 6.42 Å². The predicted octanol–water partition coefficient (Wildman–Crippen LogP) is 5.17. The van der Waals surface area contributed by atoms with Gasteiger partial charge in [0.2, 0.25) is 0 Å². The van der Waals surface area contributed by atoms with E-state index in [0.717, 1.165) is 16.5 Å². The Hall–Kier alpha value is -0.0800. The molecule has 0 aromatic heterocycles. The molecule has 0 aliphatic carbocycles. The van der Waals surface area contributed by atoms with Gasteiger partial charge in [-0.25, -0.2) is 4.39 Å². The average Bonchev–Trinajstić information content (AvgIpc) is 2.14. The third-order valence-electron chi connectivity index (χ3n) is 2.62. The van der Waals surface area contributed by atoms with E-state index in [1.807, 2.05) is 12.1 Å². The molecular weight excluding hydrogens is 290 g/mol. The van der Waals surface area contributed by atoms with Gasteiger partial charge in [0.15, 0.2) is 0 Å². The Labute approximate surface area is 110 Å². The molecule has 0 bridgehead atoms. The fourth-order valence-electron chi connectivity index (χ4n) is 1.44. The highest BCUT2D eigenvalue weighted by molar-refractivity contribution is 9.10. The summed E-state index contributed by atoms with van der Waals surface area (Å²) >= 11 is 9.50. The van der Waals surface area contributed by atoms with Crippen LogP contribution >= 0.6 is 27.5 Å². The highest BCUT2D eigenvalue weighted by atomic mass is 79.9. The number of hydrogen-bond donors (Lipinski definition) is 0. The highest BCUT2D eigenvalue weighted by Crippen LogP contribution is 2.28. The fraction of sp³-hybridized carbons (Fsp3) is 0.538. The maximum Gasteiger partial charge on any atom is 0.127 e. The second-order valence-electron chi connectivity index (χ2n) is 5.11. The second-order valence-corrected chi connectivity index (χ2v) is 6.55. The van der Waals surface area contributed by atoms with Crippen LogP contribution in [0.5, 0.6) is 0 Å². The van der Waals surface area contributed by atoms with Gasteiger partial charge in [0.05, 0.1) is 0 Å². The van der Waals surface area contributed by atoms with Gasteiger partial charge in [0.1, 0.15) is 5.82 Å². The molecule has 0 saturated carbocycles. The van der Waals surface area contributed by atoms with Crippen LogP contribution in [0.2, 0.25) is 0 Å². The molecule has 1 aromatic carbocycles. The van der Waals surface area contributed by atoms with Crippen molar-refractivity contribution in [2.45, 2.75) is 39.0 Å². The number of benzene rings is 1. The van der Waals surface area contributed by atoms with Crippen molar-refractivity contribution in [2.24, 2.45) is 5.41 Å². The van der Waals surface area contributed by atoms with Gasteiger partial charge in [0, 0.05) is 9.85 Å². The predicted molar refractivity (Wildman–Crippen MR) is 71.5 cm³/mol. The van der Waals surface area contributed by atoms with Gasteiger partial charge < -0.3 is 0 Å². The molecule has 0 spiro atoms. The summed E-state index contributed by atoms with van der Waals surface area (Å²) in [5.74, 6) is -0.160. The van der Waals surface area contributed by atoms with E-state index in [2.05, 4.69) is 36.7 Å². The average molecular weight is 308 g/mol. The lowest BCUT2D eigenvalue weighted by Gasteiger charge is -2.25. The van der Waals surface area contributed by atoms with Crippen LogP contribution in [0.15, 0.2) is 22.7 Å². The molecule has 0 saturated heterocycles. The van der Waals surface area contributed by atoms with Gasteiger partial charge in [-0.1, -0.05) is 42.8 Å². The smallest absolute Gasteiger partial charge is 0.127 e. The van der Waals surface area contributed by atoms with Crippen molar-refractivity contribution in [1.29, 1.82) is 0 Å². The molecular formula is C13H17BrClF. The normalized spacial score (nSPS) is 13.9. The van der Waals surface area contributed by atoms with Crippen LogP contribution in [0.1, 0.15) is 32.8 Å². The van der Waals surface area contributed by atoms with Crippen molar-refractivity contribution >= 4 is 27.5 Å². The lowest BCUT2D eigenvalue weighted by molar-refractivity contribution is 0.373. The molecule has 1 aromatic rings. The summed E-state index contributed by atoms with van der Waals surface area (Å²) in [7, 11) is 0. The van der Waals surface area contributed by atoms with Crippen molar-refractivity contribution in [3.05, 3.63) is 34.1 Å². The molecule has 1 rings (SSSR count). The first kappa shape index (κ1) is 14.0. The standard InChI is InChI=1S/C13H17BrClF/c1-13(2,3)12(15)7-5-9-4-6-10(14)8-11(9)16/h4,6,8,12H,5,7H2,1-3H3. The number of aryl methyl sites for hydroxylation is 1. The summed E-state index contributed by atoms with van der Waals surface area (Å²) in [6.45, 7) is 6.30. The molecule has 0 amide bonds.